The van der Waals surface area contributed by atoms with Gasteiger partial charge in [0.15, 0.2) is 0 Å². The Balaban J connectivity index is 0.00000144. The van der Waals surface area contributed by atoms with Crippen LogP contribution < -0.4 is 3.69 Å². The summed E-state index contributed by atoms with van der Waals surface area (Å²) in [4.78, 5) is 0. The minimum Gasteiger partial charge on any atom is -0.180 e. The van der Waals surface area contributed by atoms with E-state index in [1.807, 2.05) is 0 Å². The van der Waals surface area contributed by atoms with Gasteiger partial charge in [-0.15, -0.1) is 17.6 Å². The molecule has 0 aliphatic carbocycles. The van der Waals surface area contributed by atoms with E-state index in [2.05, 4.69) is 0 Å². The van der Waals surface area contributed by atoms with Gasteiger partial charge >= 0.3 is 21.5 Å². The molecule has 0 aromatic heterocycles. The predicted molar refractivity (Wildman–Crippen MR) is 43.5 cm³/mol. The van der Waals surface area contributed by atoms with Crippen LogP contribution in [0.5, 0.6) is 0 Å². The Morgan fingerprint density at radius 3 is 3.12 bits per heavy atom. The summed E-state index contributed by atoms with van der Waals surface area (Å²) in [7, 11) is 0. The van der Waals surface area contributed by atoms with Crippen LogP contribution in [0.3, 0.4) is 0 Å². The van der Waals surface area contributed by atoms with Crippen molar-refractivity contribution in [3.63, 3.8) is 0 Å². The normalized spacial score (nSPS) is 15.2. The van der Waals surface area contributed by atoms with Crippen molar-refractivity contribution in [2.75, 3.05) is 0 Å². The molecule has 0 spiro atoms. The molecular weight excluding hydrogens is 176 g/mol. The van der Waals surface area contributed by atoms with Crippen molar-refractivity contribution in [2.24, 2.45) is 0 Å². The van der Waals surface area contributed by atoms with Crippen molar-refractivity contribution < 1.29 is 5.48 Å². The summed E-state index contributed by atoms with van der Waals surface area (Å²) in [5.41, 5.74) is 0. The first-order valence-electron chi connectivity index (χ1n) is 4.64. The highest BCUT2D eigenvalue weighted by molar-refractivity contribution is 8.93. The van der Waals surface area contributed by atoms with E-state index >= 15 is 0 Å². The molecule has 0 bridgehead atoms. The highest BCUT2D eigenvalue weighted by Gasteiger charge is 1.72. The average Bonchev–Trinajstić information content (AvgIpc) is 2.08. The van der Waals surface area contributed by atoms with Gasteiger partial charge in [-0.1, -0.05) is 30.2 Å². The standard InChI is InChI=1S/C6H5.BrH.Mg.H/c1-2-4-6-5-3-1;;;/h1-5H;1H;;/i1D,2D,3D,4D;;;1+1. The molecule has 0 fully saturated rings. The molecule has 0 saturated carbocycles. The minimum absolute atomic E-state index is 0. The van der Waals surface area contributed by atoms with Crippen LogP contribution in [0.4, 0.5) is 0 Å². The van der Waals surface area contributed by atoms with Gasteiger partial charge in [-0.2, -0.15) is 3.69 Å². The Labute approximate surface area is 78.6 Å². The molecule has 1 rings (SSSR count). The van der Waals surface area contributed by atoms with Gasteiger partial charge in [-0.05, 0) is 0 Å². The molecular formula is C6H7BrMg. The van der Waals surface area contributed by atoms with Crippen LogP contribution >= 0.6 is 17.0 Å². The molecule has 0 atom stereocenters. The van der Waals surface area contributed by atoms with E-state index in [1.54, 1.807) is 0 Å². The van der Waals surface area contributed by atoms with Crippen molar-refractivity contribution >= 4 is 42.2 Å². The van der Waals surface area contributed by atoms with Crippen LogP contribution in [-0.2, 0) is 0 Å². The number of halogens is 1. The van der Waals surface area contributed by atoms with Gasteiger partial charge in [-0.3, -0.25) is 0 Å². The lowest BCUT2D eigenvalue weighted by molar-refractivity contribution is 1.78. The minimum atomic E-state index is -1.26. The third-order valence-electron chi connectivity index (χ3n) is 0.604. The van der Waals surface area contributed by atoms with E-state index in [9.17, 15) is 0 Å². The molecule has 0 aliphatic rings. The number of hydrogen-bond acceptors (Lipinski definition) is 0. The quantitative estimate of drug-likeness (QED) is 0.572. The third kappa shape index (κ3) is 2.70. The maximum atomic E-state index is 7.36. The van der Waals surface area contributed by atoms with Crippen molar-refractivity contribution in [1.29, 1.82) is 0.644 Å². The molecule has 1 aromatic carbocycles. The van der Waals surface area contributed by atoms with Gasteiger partial charge in [0, 0.05) is 0 Å². The van der Waals surface area contributed by atoms with E-state index in [0.717, 1.165) is 0 Å². The Bertz CT molecular complexity index is 316. The smallest absolute Gasteiger partial charge is 0.180 e. The molecule has 8 heavy (non-hydrogen) atoms. The van der Waals surface area contributed by atoms with Crippen molar-refractivity contribution in [2.45, 2.75) is 0 Å². The summed E-state index contributed by atoms with van der Waals surface area (Å²) in [6, 6.07) is 0.828. The van der Waals surface area contributed by atoms with Crippen LogP contribution in [0, 0.1) is 0 Å². The van der Waals surface area contributed by atoms with Crippen molar-refractivity contribution in [3.05, 3.63) is 30.2 Å². The predicted octanol–water partition coefficient (Wildman–Crippen LogP) is 0.791. The maximum Gasteiger partial charge on any atom is 0.384 e. The molecule has 0 saturated heterocycles. The zero-order valence-corrected chi connectivity index (χ0v) is 7.32. The first kappa shape index (κ1) is 3.04. The molecule has 0 amide bonds. The van der Waals surface area contributed by atoms with Gasteiger partial charge in [0.05, 0.1) is 5.48 Å². The maximum absolute atomic E-state index is 7.36. The lowest BCUT2D eigenvalue weighted by Crippen LogP contribution is -1.97. The first-order chi connectivity index (χ1) is 5.57. The summed E-state index contributed by atoms with van der Waals surface area (Å²) in [6.07, 6.45) is 0. The Kier molecular flexibility index (Phi) is 1.65. The van der Waals surface area contributed by atoms with Crippen LogP contribution in [-0.4, -0.2) is 22.2 Å². The average molecular weight is 188 g/mol. The van der Waals surface area contributed by atoms with E-state index in [0.29, 0.717) is 3.69 Å². The second-order valence-corrected chi connectivity index (χ2v) is 1.95. The number of rotatable bonds is 1. The lowest BCUT2D eigenvalue weighted by Gasteiger charge is -1.84. The Morgan fingerprint density at radius 2 is 2.38 bits per heavy atom. The second-order valence-electron chi connectivity index (χ2n) is 1.19. The number of hydrogen-bond donors (Lipinski definition) is 0. The molecule has 0 radical (unpaired) electrons. The van der Waals surface area contributed by atoms with E-state index < -0.39 is 21.5 Å². The SMILES string of the molecule is Br.[2H][Mg][c]1cc([2H])c([2H])c([2H])c1[2H]. The third-order valence-corrected chi connectivity index (χ3v) is 0.985. The van der Waals surface area contributed by atoms with E-state index in [4.69, 9.17) is 6.13 Å². The zero-order chi connectivity index (χ0) is 9.30. The van der Waals surface area contributed by atoms with E-state index in [-0.39, 0.29) is 41.2 Å². The Hall–Kier alpha value is 0.466. The number of benzene rings is 1. The highest BCUT2D eigenvalue weighted by atomic mass is 79.9. The van der Waals surface area contributed by atoms with Crippen LogP contribution in [0.25, 0.3) is 0 Å². The fourth-order valence-corrected chi connectivity index (χ4v) is 0.497. The largest absolute Gasteiger partial charge is 0.384 e. The van der Waals surface area contributed by atoms with Gasteiger partial charge < -0.3 is 0 Å². The van der Waals surface area contributed by atoms with Crippen LogP contribution in [0.2, 0.25) is 0 Å². The van der Waals surface area contributed by atoms with Gasteiger partial charge in [0.25, 0.3) is 0 Å². The van der Waals surface area contributed by atoms with Gasteiger partial charge in [-0.25, -0.2) is 0 Å². The summed E-state index contributed by atoms with van der Waals surface area (Å²) in [5, 5.41) is 0. The van der Waals surface area contributed by atoms with Crippen molar-refractivity contribution in [1.82, 2.24) is 0 Å². The Morgan fingerprint density at radius 1 is 1.50 bits per heavy atom. The van der Waals surface area contributed by atoms with Crippen molar-refractivity contribution in [3.8, 4) is 0 Å². The highest BCUT2D eigenvalue weighted by Crippen LogP contribution is 1.76. The lowest BCUT2D eigenvalue weighted by atomic mass is 10.4. The summed E-state index contributed by atoms with van der Waals surface area (Å²) in [5.74, 6) is 0. The molecule has 0 aliphatic heterocycles. The summed E-state index contributed by atoms with van der Waals surface area (Å²) < 4.78 is 36.7. The summed E-state index contributed by atoms with van der Waals surface area (Å²) >= 11 is -1.26. The van der Waals surface area contributed by atoms with Crippen LogP contribution in [0.1, 0.15) is 5.48 Å². The second kappa shape index (κ2) is 4.36. The molecule has 1 aromatic rings. The fraction of sp³-hybridized carbons (Fsp3) is 0. The molecule has 0 heterocycles. The van der Waals surface area contributed by atoms with Gasteiger partial charge in [0.1, 0.15) is 0 Å². The van der Waals surface area contributed by atoms with Gasteiger partial charge in [0.2, 0.25) is 0 Å². The summed E-state index contributed by atoms with van der Waals surface area (Å²) in [6.45, 7) is 0. The molecule has 2 heteroatoms. The molecule has 0 unspecified atom stereocenters. The van der Waals surface area contributed by atoms with E-state index in [1.165, 1.54) is 6.07 Å². The zero-order valence-electron chi connectivity index (χ0n) is 9.19. The van der Waals surface area contributed by atoms with Crippen LogP contribution in [0.15, 0.2) is 30.2 Å². The molecule has 0 nitrogen and oxygen atoms in total. The monoisotopic (exact) mass is 187 g/mol. The molecule has 40 valence electrons. The molecule has 0 N–H and O–H groups in total. The first-order valence-corrected chi connectivity index (χ1v) is 2.64. The topological polar surface area (TPSA) is 0 Å². The fourth-order valence-electron chi connectivity index (χ4n) is 0.307.